The molecule has 36 heavy (non-hydrogen) atoms. The molecule has 0 bridgehead atoms. The first-order valence-electron chi connectivity index (χ1n) is 12.2. The summed E-state index contributed by atoms with van der Waals surface area (Å²) in [5.41, 5.74) is 2.91. The van der Waals surface area contributed by atoms with Gasteiger partial charge < -0.3 is 4.90 Å². The number of benzene rings is 5. The summed E-state index contributed by atoms with van der Waals surface area (Å²) in [5, 5.41) is 11.7. The van der Waals surface area contributed by atoms with Gasteiger partial charge in [0.15, 0.2) is 0 Å². The molecule has 174 valence electrons. The molecule has 3 aliphatic heterocycles. The van der Waals surface area contributed by atoms with Crippen LogP contribution in [0.25, 0.3) is 43.1 Å². The van der Waals surface area contributed by atoms with Gasteiger partial charge in [-0.1, -0.05) is 18.2 Å². The molecule has 0 saturated carbocycles. The van der Waals surface area contributed by atoms with Crippen LogP contribution in [-0.4, -0.2) is 36.7 Å². The Bertz CT molecular complexity index is 1880. The predicted molar refractivity (Wildman–Crippen MR) is 137 cm³/mol. The van der Waals surface area contributed by atoms with Gasteiger partial charge >= 0.3 is 0 Å². The molecule has 7 heteroatoms. The third-order valence-electron chi connectivity index (χ3n) is 8.11. The highest BCUT2D eigenvalue weighted by atomic mass is 16.2. The fraction of sp³-hybridized carbons (Fsp3) is 0.172. The number of nitrogens with zero attached hydrogens (tertiary/aromatic N) is 1. The monoisotopic (exact) mass is 473 g/mol. The molecule has 8 rings (SSSR count). The second kappa shape index (κ2) is 6.57. The van der Waals surface area contributed by atoms with Gasteiger partial charge in [-0.15, -0.1) is 0 Å². The molecule has 0 spiro atoms. The first kappa shape index (κ1) is 19.8. The maximum absolute atomic E-state index is 13.1. The molecule has 0 aliphatic carbocycles. The van der Waals surface area contributed by atoms with Gasteiger partial charge in [-0.25, -0.2) is 0 Å². The van der Waals surface area contributed by atoms with E-state index in [0.717, 1.165) is 63.9 Å². The second-order valence-electron chi connectivity index (χ2n) is 9.91. The SMILES string of the molecule is O=C1NC(=O)c2ccc3c4c(N5CCCCC5)cc5c6c(ccc(c7ccc1c2c73)c64)C(=O)NC5=O. The number of fused-ring (bicyclic) bond motifs is 2. The number of anilines is 1. The molecule has 1 fully saturated rings. The van der Waals surface area contributed by atoms with Gasteiger partial charge in [-0.05, 0) is 65.1 Å². The molecular formula is C29H19N3O4. The quantitative estimate of drug-likeness (QED) is 0.212. The van der Waals surface area contributed by atoms with Crippen LogP contribution in [0, 0.1) is 0 Å². The molecule has 3 heterocycles. The van der Waals surface area contributed by atoms with Crippen LogP contribution in [0.4, 0.5) is 5.69 Å². The van der Waals surface area contributed by atoms with Crippen molar-refractivity contribution < 1.29 is 19.2 Å². The summed E-state index contributed by atoms with van der Waals surface area (Å²) in [6, 6.07) is 13.0. The van der Waals surface area contributed by atoms with E-state index >= 15 is 0 Å². The Morgan fingerprint density at radius 3 is 1.61 bits per heavy atom. The highest BCUT2D eigenvalue weighted by molar-refractivity contribution is 6.42. The molecule has 0 aromatic heterocycles. The first-order valence-corrected chi connectivity index (χ1v) is 12.2. The normalized spacial score (nSPS) is 17.5. The number of hydrogen-bond acceptors (Lipinski definition) is 5. The summed E-state index contributed by atoms with van der Waals surface area (Å²) in [4.78, 5) is 53.7. The topological polar surface area (TPSA) is 95.6 Å². The van der Waals surface area contributed by atoms with Crippen molar-refractivity contribution in [2.24, 2.45) is 0 Å². The molecule has 2 N–H and O–H groups in total. The van der Waals surface area contributed by atoms with Crippen LogP contribution in [0.3, 0.4) is 0 Å². The number of carbonyl (C=O) groups is 4. The fourth-order valence-electron chi connectivity index (χ4n) is 6.58. The van der Waals surface area contributed by atoms with E-state index < -0.39 is 17.7 Å². The van der Waals surface area contributed by atoms with Gasteiger partial charge in [0.05, 0.1) is 5.56 Å². The molecule has 1 saturated heterocycles. The lowest BCUT2D eigenvalue weighted by Gasteiger charge is -2.32. The Kier molecular flexibility index (Phi) is 3.61. The molecule has 5 aromatic carbocycles. The van der Waals surface area contributed by atoms with E-state index in [1.165, 1.54) is 6.42 Å². The Balaban J connectivity index is 1.67. The van der Waals surface area contributed by atoms with E-state index in [1.54, 1.807) is 18.2 Å². The molecule has 0 atom stereocenters. The number of carbonyl (C=O) groups excluding carboxylic acids is 4. The minimum atomic E-state index is -0.397. The molecule has 3 aliphatic rings. The fourth-order valence-corrected chi connectivity index (χ4v) is 6.58. The van der Waals surface area contributed by atoms with Crippen LogP contribution >= 0.6 is 0 Å². The molecule has 0 radical (unpaired) electrons. The molecular weight excluding hydrogens is 454 g/mol. The zero-order chi connectivity index (χ0) is 24.3. The van der Waals surface area contributed by atoms with Crippen LogP contribution in [0.15, 0.2) is 42.5 Å². The third kappa shape index (κ3) is 2.28. The highest BCUT2D eigenvalue weighted by Gasteiger charge is 2.32. The van der Waals surface area contributed by atoms with Crippen LogP contribution in [0.2, 0.25) is 0 Å². The zero-order valence-electron chi connectivity index (χ0n) is 19.2. The van der Waals surface area contributed by atoms with Gasteiger partial charge in [0, 0.05) is 57.0 Å². The zero-order valence-corrected chi connectivity index (χ0v) is 19.2. The Morgan fingerprint density at radius 2 is 1.00 bits per heavy atom. The van der Waals surface area contributed by atoms with E-state index in [-0.39, 0.29) is 5.91 Å². The third-order valence-corrected chi connectivity index (χ3v) is 8.11. The van der Waals surface area contributed by atoms with Crippen molar-refractivity contribution in [2.45, 2.75) is 19.3 Å². The van der Waals surface area contributed by atoms with E-state index in [9.17, 15) is 19.2 Å². The average Bonchev–Trinajstić information content (AvgIpc) is 2.89. The van der Waals surface area contributed by atoms with Gasteiger partial charge in [-0.2, -0.15) is 0 Å². The lowest BCUT2D eigenvalue weighted by molar-refractivity contribution is 0.0828. The van der Waals surface area contributed by atoms with Crippen LogP contribution < -0.4 is 15.5 Å². The highest BCUT2D eigenvalue weighted by Crippen LogP contribution is 2.48. The number of piperidine rings is 1. The second-order valence-corrected chi connectivity index (χ2v) is 9.91. The maximum Gasteiger partial charge on any atom is 0.258 e. The maximum atomic E-state index is 13.1. The number of hydrogen-bond donors (Lipinski definition) is 2. The summed E-state index contributed by atoms with van der Waals surface area (Å²) in [6.45, 7) is 1.76. The van der Waals surface area contributed by atoms with Gasteiger partial charge in [-0.3, -0.25) is 29.8 Å². The van der Waals surface area contributed by atoms with Crippen molar-refractivity contribution in [1.82, 2.24) is 10.6 Å². The van der Waals surface area contributed by atoms with E-state index in [2.05, 4.69) is 15.5 Å². The molecule has 0 unspecified atom stereocenters. The van der Waals surface area contributed by atoms with Crippen molar-refractivity contribution in [3.8, 4) is 0 Å². The number of rotatable bonds is 1. The lowest BCUT2D eigenvalue weighted by Crippen LogP contribution is -2.36. The summed E-state index contributed by atoms with van der Waals surface area (Å²) < 4.78 is 0. The predicted octanol–water partition coefficient (Wildman–Crippen LogP) is 4.49. The van der Waals surface area contributed by atoms with E-state index in [0.29, 0.717) is 33.0 Å². The lowest BCUT2D eigenvalue weighted by atomic mass is 9.82. The standard InChI is InChI=1S/C29H19N3O4/c33-26-16-7-4-13-14-5-8-18-23-19(29(36)31-28(18)35)12-20(32-10-2-1-3-11-32)24(25(14)23)15-6-9-17(27(34)30-26)22(16)21(13)15/h4-9,12H,1-3,10-11H2,(H,30,33,34)(H,31,35,36). The van der Waals surface area contributed by atoms with Crippen LogP contribution in [0.5, 0.6) is 0 Å². The van der Waals surface area contributed by atoms with Crippen molar-refractivity contribution in [1.29, 1.82) is 0 Å². The molecule has 4 amide bonds. The van der Waals surface area contributed by atoms with E-state index in [4.69, 9.17) is 0 Å². The first-order chi connectivity index (χ1) is 17.5. The van der Waals surface area contributed by atoms with Crippen LogP contribution in [-0.2, 0) is 0 Å². The van der Waals surface area contributed by atoms with Crippen molar-refractivity contribution in [3.63, 3.8) is 0 Å². The minimum Gasteiger partial charge on any atom is -0.371 e. The Hall–Kier alpha value is -4.52. The van der Waals surface area contributed by atoms with Crippen LogP contribution in [0.1, 0.15) is 60.7 Å². The van der Waals surface area contributed by atoms with E-state index in [1.807, 2.05) is 24.3 Å². The molecule has 7 nitrogen and oxygen atoms in total. The van der Waals surface area contributed by atoms with Gasteiger partial charge in [0.25, 0.3) is 23.6 Å². The summed E-state index contributed by atoms with van der Waals surface area (Å²) in [5.74, 6) is -1.57. The summed E-state index contributed by atoms with van der Waals surface area (Å²) in [7, 11) is 0. The number of nitrogens with one attached hydrogen (secondary N) is 2. The number of imide groups is 2. The Labute approximate surface area is 204 Å². The largest absolute Gasteiger partial charge is 0.371 e. The Morgan fingerprint density at radius 1 is 0.500 bits per heavy atom. The minimum absolute atomic E-state index is 0.382. The smallest absolute Gasteiger partial charge is 0.258 e. The molecule has 5 aromatic rings. The van der Waals surface area contributed by atoms with Gasteiger partial charge in [0.1, 0.15) is 0 Å². The summed E-state index contributed by atoms with van der Waals surface area (Å²) >= 11 is 0. The summed E-state index contributed by atoms with van der Waals surface area (Å²) in [6.07, 6.45) is 3.29. The number of amides is 4. The van der Waals surface area contributed by atoms with Gasteiger partial charge in [0.2, 0.25) is 0 Å². The van der Waals surface area contributed by atoms with Crippen molar-refractivity contribution in [2.75, 3.05) is 18.0 Å². The average molecular weight is 473 g/mol. The van der Waals surface area contributed by atoms with Crippen molar-refractivity contribution >= 4 is 72.4 Å². The van der Waals surface area contributed by atoms with Crippen molar-refractivity contribution in [3.05, 3.63) is 64.7 Å².